The van der Waals surface area contributed by atoms with Crippen molar-refractivity contribution in [1.82, 2.24) is 0 Å². The van der Waals surface area contributed by atoms with Crippen LogP contribution in [0.15, 0.2) is 33.0 Å². The first-order chi connectivity index (χ1) is 27.7. The van der Waals surface area contributed by atoms with Gasteiger partial charge in [0.2, 0.25) is 0 Å². The molecule has 0 radical (unpaired) electrons. The normalized spacial score (nSPS) is 14.9. The number of aliphatic imine (C=N–C) groups is 2. The summed E-state index contributed by atoms with van der Waals surface area (Å²) in [6.45, 7) is 9.30. The smallest absolute Gasteiger partial charge is 0.0504 e. The van der Waals surface area contributed by atoms with Crippen LogP contribution in [0.1, 0.15) is 297 Å². The highest BCUT2D eigenvalue weighted by molar-refractivity contribution is 6.15. The van der Waals surface area contributed by atoms with Gasteiger partial charge in [-0.3, -0.25) is 9.98 Å². The van der Waals surface area contributed by atoms with E-state index in [1.165, 1.54) is 292 Å². The predicted octanol–water partition coefficient (Wildman–Crippen LogP) is 19.4. The summed E-state index contributed by atoms with van der Waals surface area (Å²) in [5.41, 5.74) is 5.59. The van der Waals surface area contributed by atoms with Crippen LogP contribution in [-0.4, -0.2) is 11.9 Å². The second kappa shape index (κ2) is 38.0. The van der Waals surface area contributed by atoms with Crippen molar-refractivity contribution >= 4 is 11.9 Å². The Bertz CT molecular complexity index is 1000. The molecule has 2 aliphatic rings. The van der Waals surface area contributed by atoms with E-state index in [1.54, 1.807) is 0 Å². The number of nitrogens with zero attached hydrogens (tertiary/aromatic N) is 2. The van der Waals surface area contributed by atoms with Gasteiger partial charge in [0.25, 0.3) is 0 Å². The number of hydrogen-bond donors (Lipinski definition) is 0. The van der Waals surface area contributed by atoms with Crippen molar-refractivity contribution in [2.75, 3.05) is 0 Å². The summed E-state index contributed by atoms with van der Waals surface area (Å²) in [6, 6.07) is 0. The topological polar surface area (TPSA) is 24.7 Å². The number of allylic oxidation sites excluding steroid dienone is 3. The molecule has 0 saturated heterocycles. The van der Waals surface area contributed by atoms with E-state index in [1.807, 2.05) is 0 Å². The number of unbranched alkanes of at least 4 members (excludes halogenated alkanes) is 32. The average Bonchev–Trinajstić information content (AvgIpc) is 3.82. The van der Waals surface area contributed by atoms with Crippen LogP contribution in [0, 0.1) is 11.8 Å². The lowest BCUT2D eigenvalue weighted by Crippen LogP contribution is -2.10. The maximum absolute atomic E-state index is 5.56. The first-order valence-corrected chi connectivity index (χ1v) is 26.3. The van der Waals surface area contributed by atoms with Gasteiger partial charge in [0, 0.05) is 23.6 Å². The van der Waals surface area contributed by atoms with E-state index in [2.05, 4.69) is 40.1 Å². The van der Waals surface area contributed by atoms with Crippen LogP contribution in [0.5, 0.6) is 0 Å². The molecule has 326 valence electrons. The van der Waals surface area contributed by atoms with Crippen molar-refractivity contribution in [2.24, 2.45) is 21.8 Å². The van der Waals surface area contributed by atoms with E-state index in [4.69, 9.17) is 9.98 Å². The van der Waals surface area contributed by atoms with Crippen molar-refractivity contribution in [2.45, 2.75) is 297 Å². The van der Waals surface area contributed by atoms with Crippen molar-refractivity contribution in [3.63, 3.8) is 0 Å². The zero-order valence-corrected chi connectivity index (χ0v) is 38.9. The zero-order chi connectivity index (χ0) is 40.0. The van der Waals surface area contributed by atoms with Crippen LogP contribution in [0.2, 0.25) is 0 Å². The molecule has 0 aromatic carbocycles. The fourth-order valence-electron chi connectivity index (χ4n) is 9.60. The first kappa shape index (κ1) is 51.0. The zero-order valence-electron chi connectivity index (χ0n) is 38.9. The number of rotatable bonds is 44. The van der Waals surface area contributed by atoms with Gasteiger partial charge in [-0.05, 0) is 24.7 Å². The van der Waals surface area contributed by atoms with Crippen molar-refractivity contribution in [1.29, 1.82) is 0 Å². The maximum atomic E-state index is 5.56. The molecule has 0 bridgehead atoms. The quantitative estimate of drug-likeness (QED) is 0.0551. The molecular weight excluding hydrogens is 677 g/mol. The molecule has 2 unspecified atom stereocenters. The Labute approximate surface area is 352 Å². The SMILES string of the molecule is CCCCCCCCCCCCC(CCCCCCCCCC)CC1=NC(CC(CCCCCCCCCC)CCCCCCCCCCCC)=C2C=NC=C12. The minimum absolute atomic E-state index is 0.782. The molecule has 0 spiro atoms. The average molecular weight is 777 g/mol. The Hall–Kier alpha value is -1.18. The summed E-state index contributed by atoms with van der Waals surface area (Å²) in [5.74, 6) is 1.56. The predicted molar refractivity (Wildman–Crippen MR) is 255 cm³/mol. The summed E-state index contributed by atoms with van der Waals surface area (Å²) in [7, 11) is 0. The van der Waals surface area contributed by atoms with E-state index < -0.39 is 0 Å². The van der Waals surface area contributed by atoms with E-state index in [0.717, 1.165) is 11.8 Å². The molecule has 0 fully saturated rings. The van der Waals surface area contributed by atoms with E-state index in [-0.39, 0.29) is 0 Å². The Balaban J connectivity index is 1.93. The van der Waals surface area contributed by atoms with Crippen LogP contribution in [0.4, 0.5) is 0 Å². The third-order valence-electron chi connectivity index (χ3n) is 13.4. The molecule has 2 nitrogen and oxygen atoms in total. The lowest BCUT2D eigenvalue weighted by atomic mass is 9.87. The minimum atomic E-state index is 0.782. The summed E-state index contributed by atoms with van der Waals surface area (Å²) in [4.78, 5) is 10.3. The van der Waals surface area contributed by atoms with Crippen molar-refractivity contribution in [3.8, 4) is 0 Å². The Morgan fingerprint density at radius 1 is 0.357 bits per heavy atom. The highest BCUT2D eigenvalue weighted by Crippen LogP contribution is 2.37. The van der Waals surface area contributed by atoms with E-state index >= 15 is 0 Å². The minimum Gasteiger partial charge on any atom is -0.263 e. The van der Waals surface area contributed by atoms with E-state index in [9.17, 15) is 0 Å². The van der Waals surface area contributed by atoms with Gasteiger partial charge in [0.1, 0.15) is 0 Å². The van der Waals surface area contributed by atoms with Gasteiger partial charge in [-0.1, -0.05) is 285 Å². The fourth-order valence-corrected chi connectivity index (χ4v) is 9.60. The second-order valence-corrected chi connectivity index (χ2v) is 18.8. The lowest BCUT2D eigenvalue weighted by molar-refractivity contribution is 0.397. The monoisotopic (exact) mass is 777 g/mol. The van der Waals surface area contributed by atoms with Crippen LogP contribution < -0.4 is 0 Å². The summed E-state index contributed by atoms with van der Waals surface area (Å²) >= 11 is 0. The Morgan fingerprint density at radius 2 is 0.643 bits per heavy atom. The molecule has 2 rings (SSSR count). The molecule has 0 saturated carbocycles. The lowest BCUT2D eigenvalue weighted by Gasteiger charge is -2.18. The highest BCUT2D eigenvalue weighted by Gasteiger charge is 2.28. The van der Waals surface area contributed by atoms with Crippen LogP contribution in [0.25, 0.3) is 0 Å². The molecule has 0 amide bonds. The third kappa shape index (κ3) is 26.7. The van der Waals surface area contributed by atoms with Crippen LogP contribution in [0.3, 0.4) is 0 Å². The fraction of sp³-hybridized carbons (Fsp3) is 0.889. The molecular formula is C54H100N2. The molecule has 2 heterocycles. The van der Waals surface area contributed by atoms with Crippen molar-refractivity contribution < 1.29 is 0 Å². The number of hydrogen-bond acceptors (Lipinski definition) is 2. The van der Waals surface area contributed by atoms with Gasteiger partial charge in [-0.15, -0.1) is 0 Å². The maximum Gasteiger partial charge on any atom is 0.0504 e. The number of fused-ring (bicyclic) bond motifs is 1. The van der Waals surface area contributed by atoms with E-state index in [0.29, 0.717) is 0 Å². The second-order valence-electron chi connectivity index (χ2n) is 18.8. The summed E-state index contributed by atoms with van der Waals surface area (Å²) in [6.07, 6.45) is 63.6. The molecule has 0 N–H and O–H groups in total. The van der Waals surface area contributed by atoms with Gasteiger partial charge < -0.3 is 0 Å². The van der Waals surface area contributed by atoms with Gasteiger partial charge in [0.15, 0.2) is 0 Å². The molecule has 0 aromatic heterocycles. The van der Waals surface area contributed by atoms with Crippen LogP contribution >= 0.6 is 0 Å². The highest BCUT2D eigenvalue weighted by atomic mass is 14.8. The van der Waals surface area contributed by atoms with Gasteiger partial charge in [-0.25, -0.2) is 0 Å². The molecule has 56 heavy (non-hydrogen) atoms. The standard InChI is InChI=1S/C54H100N2/c1-5-9-13-17-21-25-27-31-35-39-43-49(41-37-33-29-23-19-15-11-7-3)45-53-51-47-55-48-52(51)54(56-53)46-50(42-38-34-30-24-20-16-12-8-4)44-40-36-32-28-26-22-18-14-10-6-2/h47-50H,5-46H2,1-4H3. The van der Waals surface area contributed by atoms with Gasteiger partial charge in [-0.2, -0.15) is 0 Å². The largest absolute Gasteiger partial charge is 0.263 e. The molecule has 0 aromatic rings. The van der Waals surface area contributed by atoms with Gasteiger partial charge >= 0.3 is 0 Å². The Kier molecular flexibility index (Phi) is 34.6. The molecule has 2 aliphatic heterocycles. The first-order valence-electron chi connectivity index (χ1n) is 26.3. The molecule has 2 atom stereocenters. The van der Waals surface area contributed by atoms with Crippen molar-refractivity contribution in [3.05, 3.63) is 23.0 Å². The van der Waals surface area contributed by atoms with Gasteiger partial charge in [0.05, 0.1) is 11.4 Å². The van der Waals surface area contributed by atoms with Crippen LogP contribution in [-0.2, 0) is 0 Å². The summed E-state index contributed by atoms with van der Waals surface area (Å²) < 4.78 is 0. The Morgan fingerprint density at radius 3 is 0.964 bits per heavy atom. The third-order valence-corrected chi connectivity index (χ3v) is 13.4. The molecule has 2 heteroatoms. The molecule has 0 aliphatic carbocycles. The summed E-state index contributed by atoms with van der Waals surface area (Å²) in [5, 5.41) is 0.